The third-order valence-electron chi connectivity index (χ3n) is 5.03. The van der Waals surface area contributed by atoms with Crippen molar-refractivity contribution < 1.29 is 35.9 Å². The molecule has 1 amide bonds. The van der Waals surface area contributed by atoms with E-state index in [-0.39, 0.29) is 5.69 Å². The van der Waals surface area contributed by atoms with Crippen LogP contribution in [0.2, 0.25) is 0 Å². The molecule has 3 rings (SSSR count). The molecular weight excluding hydrogens is 591 g/mol. The molecule has 0 bridgehead atoms. The molecule has 1 N–H and O–H groups in total. The van der Waals surface area contributed by atoms with E-state index in [1.807, 2.05) is 30.3 Å². The van der Waals surface area contributed by atoms with Crippen molar-refractivity contribution in [1.82, 2.24) is 5.43 Å². The molecule has 3 aromatic carbocycles. The number of nitrogens with zero attached hydrogens (tertiary/aromatic N) is 2. The minimum absolute atomic E-state index is 0.304. The number of alkyl halides is 3. The Labute approximate surface area is 226 Å². The Bertz CT molecular complexity index is 1420. The van der Waals surface area contributed by atoms with Gasteiger partial charge in [-0.25, -0.2) is 13.8 Å². The third kappa shape index (κ3) is 7.96. The van der Waals surface area contributed by atoms with Crippen molar-refractivity contribution in [2.75, 3.05) is 24.2 Å². The van der Waals surface area contributed by atoms with Gasteiger partial charge in [0.1, 0.15) is 13.2 Å². The molecule has 0 aromatic heterocycles. The van der Waals surface area contributed by atoms with E-state index in [1.165, 1.54) is 13.3 Å². The lowest BCUT2D eigenvalue weighted by atomic mass is 10.2. The topological polar surface area (TPSA) is 97.3 Å². The van der Waals surface area contributed by atoms with Crippen LogP contribution in [0.4, 0.5) is 18.9 Å². The number of sulfonamides is 1. The van der Waals surface area contributed by atoms with Crippen LogP contribution >= 0.6 is 15.9 Å². The van der Waals surface area contributed by atoms with Crippen LogP contribution in [0.25, 0.3) is 0 Å². The summed E-state index contributed by atoms with van der Waals surface area (Å²) in [6.45, 7) is -0.473. The summed E-state index contributed by atoms with van der Waals surface area (Å²) in [5.74, 6) is -0.00349. The first kappa shape index (κ1) is 29.0. The number of hydrazone groups is 1. The molecule has 0 saturated carbocycles. The van der Waals surface area contributed by atoms with Crippen molar-refractivity contribution >= 4 is 43.8 Å². The lowest BCUT2D eigenvalue weighted by Crippen LogP contribution is -2.39. The van der Waals surface area contributed by atoms with Gasteiger partial charge in [-0.05, 0) is 57.4 Å². The van der Waals surface area contributed by atoms with Crippen LogP contribution in [0.3, 0.4) is 0 Å². The highest BCUT2D eigenvalue weighted by molar-refractivity contribution is 9.10. The van der Waals surface area contributed by atoms with Crippen LogP contribution in [0, 0.1) is 0 Å². The first-order valence-corrected chi connectivity index (χ1v) is 13.5. The largest absolute Gasteiger partial charge is 0.493 e. The zero-order chi connectivity index (χ0) is 27.9. The van der Waals surface area contributed by atoms with Crippen molar-refractivity contribution in [3.63, 3.8) is 0 Å². The molecule has 8 nitrogen and oxygen atoms in total. The van der Waals surface area contributed by atoms with Gasteiger partial charge in [-0.3, -0.25) is 9.10 Å². The molecule has 202 valence electrons. The summed E-state index contributed by atoms with van der Waals surface area (Å²) in [6.07, 6.45) is -2.60. The van der Waals surface area contributed by atoms with E-state index in [0.29, 0.717) is 38.5 Å². The van der Waals surface area contributed by atoms with Gasteiger partial charge in [-0.1, -0.05) is 36.4 Å². The van der Waals surface area contributed by atoms with Gasteiger partial charge >= 0.3 is 6.18 Å². The van der Waals surface area contributed by atoms with Crippen molar-refractivity contribution in [3.05, 3.63) is 87.9 Å². The van der Waals surface area contributed by atoms with Gasteiger partial charge in [-0.2, -0.15) is 18.3 Å². The molecule has 13 heteroatoms. The highest BCUT2D eigenvalue weighted by Crippen LogP contribution is 2.37. The SMILES string of the molecule is COc1cc(/C=N\NC(=O)CN(c2cccc(C(F)(F)F)c2)S(C)(=O)=O)cc(Br)c1OCc1ccccc1. The summed E-state index contributed by atoms with van der Waals surface area (Å²) in [7, 11) is -2.62. The van der Waals surface area contributed by atoms with Crippen LogP contribution in [-0.4, -0.2) is 40.4 Å². The highest BCUT2D eigenvalue weighted by atomic mass is 79.9. The number of nitrogens with one attached hydrogen (secondary N) is 1. The van der Waals surface area contributed by atoms with E-state index >= 15 is 0 Å². The molecule has 0 fully saturated rings. The van der Waals surface area contributed by atoms with Crippen LogP contribution in [-0.2, 0) is 27.6 Å². The van der Waals surface area contributed by atoms with Crippen LogP contribution in [0.1, 0.15) is 16.7 Å². The van der Waals surface area contributed by atoms with E-state index in [4.69, 9.17) is 9.47 Å². The molecule has 0 aliphatic heterocycles. The van der Waals surface area contributed by atoms with Gasteiger partial charge in [-0.15, -0.1) is 0 Å². The fraction of sp³-hybridized carbons (Fsp3) is 0.200. The Kier molecular flexibility index (Phi) is 9.39. The van der Waals surface area contributed by atoms with Crippen LogP contribution in [0.5, 0.6) is 11.5 Å². The Morgan fingerprint density at radius 1 is 1.11 bits per heavy atom. The Morgan fingerprint density at radius 2 is 1.82 bits per heavy atom. The number of hydrogen-bond acceptors (Lipinski definition) is 6. The summed E-state index contributed by atoms with van der Waals surface area (Å²) in [4.78, 5) is 12.4. The summed E-state index contributed by atoms with van der Waals surface area (Å²) in [5, 5.41) is 3.82. The zero-order valence-corrected chi connectivity index (χ0v) is 22.6. The maximum atomic E-state index is 13.1. The minimum Gasteiger partial charge on any atom is -0.493 e. The second-order valence-corrected chi connectivity index (χ2v) is 10.7. The number of hydrogen-bond donors (Lipinski definition) is 1. The van der Waals surface area contributed by atoms with E-state index < -0.39 is 34.2 Å². The summed E-state index contributed by atoms with van der Waals surface area (Å²) in [6, 6.07) is 16.5. The van der Waals surface area contributed by atoms with Crippen molar-refractivity contribution in [2.45, 2.75) is 12.8 Å². The molecule has 0 aliphatic rings. The molecule has 3 aromatic rings. The van der Waals surface area contributed by atoms with Crippen molar-refractivity contribution in [3.8, 4) is 11.5 Å². The smallest absolute Gasteiger partial charge is 0.416 e. The first-order chi connectivity index (χ1) is 17.9. The van der Waals surface area contributed by atoms with Crippen LogP contribution < -0.4 is 19.2 Å². The van der Waals surface area contributed by atoms with E-state index in [0.717, 1.165) is 30.0 Å². The molecule has 0 radical (unpaired) electrons. The lowest BCUT2D eigenvalue weighted by Gasteiger charge is -2.22. The normalized spacial score (nSPS) is 11.8. The predicted octanol–water partition coefficient (Wildman–Crippen LogP) is 4.97. The number of ether oxygens (including phenoxy) is 2. The number of carbonyl (C=O) groups excluding carboxylic acids is 1. The highest BCUT2D eigenvalue weighted by Gasteiger charge is 2.32. The molecule has 38 heavy (non-hydrogen) atoms. The lowest BCUT2D eigenvalue weighted by molar-refractivity contribution is -0.137. The molecule has 0 heterocycles. The van der Waals surface area contributed by atoms with Crippen molar-refractivity contribution in [2.24, 2.45) is 5.10 Å². The van der Waals surface area contributed by atoms with E-state index in [1.54, 1.807) is 12.1 Å². The standard InChI is InChI=1S/C25H23BrF3N3O5S/c1-36-22-12-18(11-21(26)24(22)37-16-17-7-4-3-5-8-17)14-30-31-23(33)15-32(38(2,34)35)20-10-6-9-19(13-20)25(27,28)29/h3-14H,15-16H2,1-2H3,(H,31,33)/b30-14-. The molecule has 0 saturated heterocycles. The molecule has 0 unspecified atom stereocenters. The summed E-state index contributed by atoms with van der Waals surface area (Å²) in [5.41, 5.74) is 2.31. The maximum absolute atomic E-state index is 13.1. The fourth-order valence-electron chi connectivity index (χ4n) is 3.27. The number of methoxy groups -OCH3 is 1. The van der Waals surface area contributed by atoms with Gasteiger partial charge in [0, 0.05) is 0 Å². The monoisotopic (exact) mass is 613 g/mol. The maximum Gasteiger partial charge on any atom is 0.416 e. The number of benzene rings is 3. The van der Waals surface area contributed by atoms with Gasteiger partial charge in [0.25, 0.3) is 5.91 Å². The van der Waals surface area contributed by atoms with Crippen molar-refractivity contribution in [1.29, 1.82) is 0 Å². The number of amides is 1. The molecule has 0 aliphatic carbocycles. The van der Waals surface area contributed by atoms with E-state index in [9.17, 15) is 26.4 Å². The van der Waals surface area contributed by atoms with Crippen LogP contribution in [0.15, 0.2) is 76.3 Å². The summed E-state index contributed by atoms with van der Waals surface area (Å²) < 4.78 is 76.0. The second-order valence-electron chi connectivity index (χ2n) is 7.92. The first-order valence-electron chi connectivity index (χ1n) is 10.9. The number of halogens is 4. The number of carbonyl (C=O) groups is 1. The van der Waals surface area contributed by atoms with E-state index in [2.05, 4.69) is 26.5 Å². The van der Waals surface area contributed by atoms with Gasteiger partial charge in [0.2, 0.25) is 10.0 Å². The number of anilines is 1. The third-order valence-corrected chi connectivity index (χ3v) is 6.76. The minimum atomic E-state index is -4.68. The fourth-order valence-corrected chi connectivity index (χ4v) is 4.69. The van der Waals surface area contributed by atoms with Gasteiger partial charge in [0.15, 0.2) is 11.5 Å². The quantitative estimate of drug-likeness (QED) is 0.257. The molecule has 0 spiro atoms. The molecular formula is C25H23BrF3N3O5S. The Morgan fingerprint density at radius 3 is 2.45 bits per heavy atom. The Hall–Kier alpha value is -3.58. The van der Waals surface area contributed by atoms with Gasteiger partial charge < -0.3 is 9.47 Å². The van der Waals surface area contributed by atoms with Gasteiger partial charge in [0.05, 0.1) is 35.3 Å². The number of rotatable bonds is 10. The zero-order valence-electron chi connectivity index (χ0n) is 20.2. The summed E-state index contributed by atoms with van der Waals surface area (Å²) >= 11 is 3.43. The average molecular weight is 614 g/mol. The molecule has 0 atom stereocenters. The average Bonchev–Trinajstić information content (AvgIpc) is 2.86. The Balaban J connectivity index is 1.70. The second kappa shape index (κ2) is 12.3. The predicted molar refractivity (Wildman–Crippen MR) is 141 cm³/mol.